The van der Waals surface area contributed by atoms with Crippen molar-refractivity contribution in [1.29, 1.82) is 5.26 Å². The summed E-state index contributed by atoms with van der Waals surface area (Å²) in [6, 6.07) is 21.2. The molecule has 37 heavy (non-hydrogen) atoms. The van der Waals surface area contributed by atoms with Crippen LogP contribution in [0.5, 0.6) is 0 Å². The van der Waals surface area contributed by atoms with Crippen molar-refractivity contribution in [2.45, 2.75) is 25.4 Å². The molecule has 3 aliphatic rings. The van der Waals surface area contributed by atoms with Crippen LogP contribution in [0.3, 0.4) is 0 Å². The van der Waals surface area contributed by atoms with E-state index >= 15 is 0 Å². The Morgan fingerprint density at radius 3 is 2.51 bits per heavy atom. The predicted octanol–water partition coefficient (Wildman–Crippen LogP) is 3.48. The molecule has 2 saturated heterocycles. The molecule has 0 spiro atoms. The zero-order valence-corrected chi connectivity index (χ0v) is 20.8. The maximum atomic E-state index is 13.8. The molecule has 7 nitrogen and oxygen atoms in total. The number of nitrogens with zero attached hydrogens (tertiary/aromatic N) is 4. The summed E-state index contributed by atoms with van der Waals surface area (Å²) in [5.41, 5.74) is 5.14. The second-order valence-corrected chi connectivity index (χ2v) is 10.3. The normalized spacial score (nSPS) is 21.2. The van der Waals surface area contributed by atoms with Gasteiger partial charge in [0.2, 0.25) is 0 Å². The molecule has 2 unspecified atom stereocenters. The zero-order chi connectivity index (χ0) is 25.4. The number of hydrogen-bond acceptors (Lipinski definition) is 5. The van der Waals surface area contributed by atoms with Crippen molar-refractivity contribution >= 4 is 5.91 Å². The second kappa shape index (κ2) is 9.97. The lowest BCUT2D eigenvalue weighted by atomic mass is 9.82. The van der Waals surface area contributed by atoms with E-state index in [1.807, 2.05) is 27.7 Å². The van der Waals surface area contributed by atoms with Gasteiger partial charge in [0.15, 0.2) is 0 Å². The standard InChI is InChI=1S/C30H30N4O3/c31-16-21-5-7-23(8-6-21)29(35)33-17-22-15-25(20-33)28-10-9-27(30(36)34(28)18-22)26-4-2-1-3-24(26)19-32-11-13-37-14-12-32/h1-10,22,25H,11-15,17-20H2. The van der Waals surface area contributed by atoms with Crippen molar-refractivity contribution in [3.8, 4) is 17.2 Å². The van der Waals surface area contributed by atoms with Gasteiger partial charge in [-0.25, -0.2) is 0 Å². The van der Waals surface area contributed by atoms with Crippen molar-refractivity contribution in [3.05, 3.63) is 93.4 Å². The third-order valence-electron chi connectivity index (χ3n) is 7.96. The Hall–Kier alpha value is -3.73. The van der Waals surface area contributed by atoms with E-state index in [0.717, 1.165) is 61.7 Å². The highest BCUT2D eigenvalue weighted by Crippen LogP contribution is 2.36. The number of nitriles is 1. The Morgan fingerprint density at radius 1 is 0.946 bits per heavy atom. The Balaban J connectivity index is 1.26. The minimum Gasteiger partial charge on any atom is -0.379 e. The highest BCUT2D eigenvalue weighted by Gasteiger charge is 2.37. The highest BCUT2D eigenvalue weighted by molar-refractivity contribution is 5.94. The molecule has 7 heteroatoms. The maximum Gasteiger partial charge on any atom is 0.258 e. The molecule has 0 N–H and O–H groups in total. The van der Waals surface area contributed by atoms with E-state index in [9.17, 15) is 9.59 Å². The minimum atomic E-state index is -0.0105. The number of likely N-dealkylation sites (tertiary alicyclic amines) is 1. The lowest BCUT2D eigenvalue weighted by molar-refractivity contribution is 0.0342. The van der Waals surface area contributed by atoms with Crippen LogP contribution >= 0.6 is 0 Å². The number of piperidine rings is 1. The number of morpholine rings is 1. The number of fused-ring (bicyclic) bond motifs is 4. The third-order valence-corrected chi connectivity index (χ3v) is 7.96. The number of carbonyl (C=O) groups is 1. The summed E-state index contributed by atoms with van der Waals surface area (Å²) in [4.78, 5) is 31.3. The average Bonchev–Trinajstić information content (AvgIpc) is 2.94. The first-order chi connectivity index (χ1) is 18.1. The largest absolute Gasteiger partial charge is 0.379 e. The van der Waals surface area contributed by atoms with Crippen LogP contribution in [-0.2, 0) is 17.8 Å². The minimum absolute atomic E-state index is 0.0105. The van der Waals surface area contributed by atoms with Gasteiger partial charge in [0.05, 0.1) is 24.8 Å². The molecule has 6 rings (SSSR count). The molecule has 1 aromatic heterocycles. The van der Waals surface area contributed by atoms with Gasteiger partial charge in [-0.15, -0.1) is 0 Å². The molecule has 2 atom stereocenters. The van der Waals surface area contributed by atoms with E-state index in [2.05, 4.69) is 29.2 Å². The zero-order valence-electron chi connectivity index (χ0n) is 20.8. The van der Waals surface area contributed by atoms with Crippen LogP contribution < -0.4 is 5.56 Å². The third kappa shape index (κ3) is 4.59. The fraction of sp³-hybridized carbons (Fsp3) is 0.367. The van der Waals surface area contributed by atoms with Crippen molar-refractivity contribution < 1.29 is 9.53 Å². The molecule has 0 aliphatic carbocycles. The number of hydrogen-bond donors (Lipinski definition) is 0. The first kappa shape index (κ1) is 23.7. The van der Waals surface area contributed by atoms with Crippen molar-refractivity contribution in [1.82, 2.24) is 14.4 Å². The fourth-order valence-corrected chi connectivity index (χ4v) is 6.11. The molecule has 0 saturated carbocycles. The van der Waals surface area contributed by atoms with Crippen LogP contribution in [0.1, 0.15) is 39.5 Å². The molecule has 3 aliphatic heterocycles. The second-order valence-electron chi connectivity index (χ2n) is 10.3. The summed E-state index contributed by atoms with van der Waals surface area (Å²) in [6.07, 6.45) is 0.990. The van der Waals surface area contributed by atoms with Crippen LogP contribution in [0, 0.1) is 17.2 Å². The van der Waals surface area contributed by atoms with Gasteiger partial charge in [-0.3, -0.25) is 14.5 Å². The van der Waals surface area contributed by atoms with Crippen molar-refractivity contribution in [3.63, 3.8) is 0 Å². The summed E-state index contributed by atoms with van der Waals surface area (Å²) in [6.45, 7) is 5.96. The monoisotopic (exact) mass is 494 g/mol. The van der Waals surface area contributed by atoms with E-state index in [1.165, 1.54) is 0 Å². The number of benzene rings is 2. The van der Waals surface area contributed by atoms with Gasteiger partial charge in [-0.1, -0.05) is 24.3 Å². The molecule has 2 bridgehead atoms. The lowest BCUT2D eigenvalue weighted by Crippen LogP contribution is -2.49. The van der Waals surface area contributed by atoms with Gasteiger partial charge in [-0.2, -0.15) is 5.26 Å². The summed E-state index contributed by atoms with van der Waals surface area (Å²) < 4.78 is 7.46. The Morgan fingerprint density at radius 2 is 1.73 bits per heavy atom. The van der Waals surface area contributed by atoms with Crippen LogP contribution in [0.25, 0.3) is 11.1 Å². The molecule has 1 amide bonds. The number of amides is 1. The Bertz CT molecular complexity index is 1420. The molecular formula is C30H30N4O3. The van der Waals surface area contributed by atoms with E-state index < -0.39 is 0 Å². The molecule has 0 radical (unpaired) electrons. The molecule has 188 valence electrons. The van der Waals surface area contributed by atoms with E-state index in [1.54, 1.807) is 24.3 Å². The van der Waals surface area contributed by atoms with Crippen molar-refractivity contribution in [2.24, 2.45) is 5.92 Å². The van der Waals surface area contributed by atoms with Gasteiger partial charge >= 0.3 is 0 Å². The molecule has 4 heterocycles. The summed E-state index contributed by atoms with van der Waals surface area (Å²) in [5.74, 6) is 0.369. The Kier molecular flexibility index (Phi) is 6.37. The smallest absolute Gasteiger partial charge is 0.258 e. The molecule has 2 aromatic carbocycles. The van der Waals surface area contributed by atoms with E-state index in [4.69, 9.17) is 10.00 Å². The number of carbonyl (C=O) groups excluding carboxylic acids is 1. The van der Waals surface area contributed by atoms with Gasteiger partial charge in [0.25, 0.3) is 11.5 Å². The van der Waals surface area contributed by atoms with Gasteiger partial charge < -0.3 is 14.2 Å². The van der Waals surface area contributed by atoms with E-state index in [0.29, 0.717) is 30.8 Å². The summed E-state index contributed by atoms with van der Waals surface area (Å²) in [5, 5.41) is 9.04. The van der Waals surface area contributed by atoms with Crippen LogP contribution in [-0.4, -0.2) is 59.7 Å². The number of pyridine rings is 1. The number of ether oxygens (including phenoxy) is 1. The summed E-state index contributed by atoms with van der Waals surface area (Å²) >= 11 is 0. The molecule has 3 aromatic rings. The maximum absolute atomic E-state index is 13.8. The number of rotatable bonds is 4. The van der Waals surface area contributed by atoms with Gasteiger partial charge in [0, 0.05) is 62.0 Å². The predicted molar refractivity (Wildman–Crippen MR) is 140 cm³/mol. The quantitative estimate of drug-likeness (QED) is 0.555. The lowest BCUT2D eigenvalue weighted by Gasteiger charge is -2.43. The average molecular weight is 495 g/mol. The van der Waals surface area contributed by atoms with Crippen LogP contribution in [0.2, 0.25) is 0 Å². The highest BCUT2D eigenvalue weighted by atomic mass is 16.5. The van der Waals surface area contributed by atoms with Gasteiger partial charge in [-0.05, 0) is 59.9 Å². The van der Waals surface area contributed by atoms with E-state index in [-0.39, 0.29) is 23.3 Å². The van der Waals surface area contributed by atoms with Crippen LogP contribution in [0.4, 0.5) is 0 Å². The molecular weight excluding hydrogens is 464 g/mol. The van der Waals surface area contributed by atoms with Crippen LogP contribution in [0.15, 0.2) is 65.5 Å². The molecule has 2 fully saturated rings. The SMILES string of the molecule is N#Cc1ccc(C(=O)N2CC3CC(C2)c2ccc(-c4ccccc4CN4CCOCC4)c(=O)n2C3)cc1. The number of aromatic nitrogens is 1. The summed E-state index contributed by atoms with van der Waals surface area (Å²) in [7, 11) is 0. The Labute approximate surface area is 216 Å². The first-order valence-electron chi connectivity index (χ1n) is 13.0. The fourth-order valence-electron chi connectivity index (χ4n) is 6.11. The van der Waals surface area contributed by atoms with Gasteiger partial charge in [0.1, 0.15) is 0 Å². The van der Waals surface area contributed by atoms with Crippen molar-refractivity contribution in [2.75, 3.05) is 39.4 Å². The first-order valence-corrected chi connectivity index (χ1v) is 13.0. The topological polar surface area (TPSA) is 78.6 Å².